The largest absolute Gasteiger partial charge is 0.382 e. The van der Waals surface area contributed by atoms with E-state index in [1.165, 1.54) is 16.8 Å². The zero-order valence-corrected chi connectivity index (χ0v) is 10.4. The normalized spacial score (nSPS) is 9.83. The van der Waals surface area contributed by atoms with Crippen LogP contribution in [0.4, 0.5) is 0 Å². The Morgan fingerprint density at radius 3 is 2.78 bits per heavy atom. The summed E-state index contributed by atoms with van der Waals surface area (Å²) >= 11 is 1.28. The number of aryl methyl sites for hydroxylation is 1. The van der Waals surface area contributed by atoms with Crippen LogP contribution >= 0.6 is 11.3 Å². The van der Waals surface area contributed by atoms with E-state index >= 15 is 0 Å². The average molecular weight is 262 g/mol. The maximum absolute atomic E-state index is 11.7. The van der Waals surface area contributed by atoms with Gasteiger partial charge in [-0.2, -0.15) is 5.48 Å². The number of aromatic nitrogens is 1. The zero-order chi connectivity index (χ0) is 13.0. The molecule has 0 unspecified atom stereocenters. The van der Waals surface area contributed by atoms with E-state index in [0.29, 0.717) is 5.56 Å². The third kappa shape index (κ3) is 2.72. The number of carbonyl (C=O) groups is 2. The molecule has 0 atom stereocenters. The number of carbonyl (C=O) groups excluding carboxylic acids is 2. The van der Waals surface area contributed by atoms with E-state index in [1.54, 1.807) is 30.5 Å². The van der Waals surface area contributed by atoms with Gasteiger partial charge in [-0.1, -0.05) is 18.2 Å². The number of nitrogens with one attached hydrogen (secondary N) is 1. The molecular weight excluding hydrogens is 252 g/mol. The molecule has 0 fully saturated rings. The summed E-state index contributed by atoms with van der Waals surface area (Å²) in [4.78, 5) is 31.6. The summed E-state index contributed by atoms with van der Waals surface area (Å²) in [6.07, 6.45) is 0. The highest BCUT2D eigenvalue weighted by molar-refractivity contribution is 7.07. The molecule has 0 bridgehead atoms. The highest BCUT2D eigenvalue weighted by Crippen LogP contribution is 2.07. The van der Waals surface area contributed by atoms with Crippen LogP contribution in [-0.2, 0) is 4.84 Å². The molecule has 1 aromatic heterocycles. The van der Waals surface area contributed by atoms with Gasteiger partial charge in [-0.15, -0.1) is 11.3 Å². The fraction of sp³-hybridized carbons (Fsp3) is 0.0833. The predicted octanol–water partition coefficient (Wildman–Crippen LogP) is 1.95. The van der Waals surface area contributed by atoms with Crippen molar-refractivity contribution in [3.05, 3.63) is 52.0 Å². The molecule has 0 radical (unpaired) electrons. The molecule has 92 valence electrons. The third-order valence-electron chi connectivity index (χ3n) is 2.27. The first-order valence-corrected chi connectivity index (χ1v) is 6.08. The first kappa shape index (κ1) is 12.3. The maximum atomic E-state index is 11.7. The second-order valence-electron chi connectivity index (χ2n) is 3.51. The molecule has 0 spiro atoms. The number of nitrogens with zero attached hydrogens (tertiary/aromatic N) is 1. The van der Waals surface area contributed by atoms with Crippen LogP contribution in [0, 0.1) is 6.92 Å². The summed E-state index contributed by atoms with van der Waals surface area (Å²) in [5.74, 6) is -1.14. The van der Waals surface area contributed by atoms with E-state index in [0.717, 1.165) is 5.56 Å². The van der Waals surface area contributed by atoms with E-state index in [2.05, 4.69) is 15.3 Å². The number of hydrogen-bond donors (Lipinski definition) is 1. The van der Waals surface area contributed by atoms with Crippen LogP contribution in [0.3, 0.4) is 0 Å². The molecule has 0 aliphatic carbocycles. The standard InChI is InChI=1S/C12H10N2O3S/c1-8-4-2-3-5-9(8)11(15)14-17-12(16)10-6-18-7-13-10/h2-7H,1H3,(H,14,15). The Kier molecular flexibility index (Phi) is 3.69. The van der Waals surface area contributed by atoms with Crippen LogP contribution < -0.4 is 5.48 Å². The molecular formula is C12H10N2O3S. The molecule has 1 aromatic carbocycles. The highest BCUT2D eigenvalue weighted by atomic mass is 32.1. The van der Waals surface area contributed by atoms with Crippen LogP contribution in [-0.4, -0.2) is 16.9 Å². The van der Waals surface area contributed by atoms with Gasteiger partial charge < -0.3 is 4.84 Å². The number of thiazole rings is 1. The quantitative estimate of drug-likeness (QED) is 0.840. The lowest BCUT2D eigenvalue weighted by Gasteiger charge is -2.06. The number of benzene rings is 1. The third-order valence-corrected chi connectivity index (χ3v) is 2.85. The smallest absolute Gasteiger partial charge is 0.333 e. The second kappa shape index (κ2) is 5.42. The van der Waals surface area contributed by atoms with E-state index < -0.39 is 11.9 Å². The van der Waals surface area contributed by atoms with Gasteiger partial charge in [0.25, 0.3) is 5.91 Å². The van der Waals surface area contributed by atoms with Gasteiger partial charge in [0.05, 0.1) is 5.51 Å². The van der Waals surface area contributed by atoms with E-state index in [4.69, 9.17) is 0 Å². The summed E-state index contributed by atoms with van der Waals surface area (Å²) in [6, 6.07) is 7.02. The van der Waals surface area contributed by atoms with Crippen molar-refractivity contribution in [2.45, 2.75) is 6.92 Å². The van der Waals surface area contributed by atoms with Crippen molar-refractivity contribution in [3.63, 3.8) is 0 Å². The minimum atomic E-state index is -0.682. The van der Waals surface area contributed by atoms with Gasteiger partial charge in [-0.25, -0.2) is 9.78 Å². The number of amides is 1. The SMILES string of the molecule is Cc1ccccc1C(=O)NOC(=O)c1cscn1. The molecule has 0 saturated heterocycles. The van der Waals surface area contributed by atoms with Crippen molar-refractivity contribution in [2.75, 3.05) is 0 Å². The van der Waals surface area contributed by atoms with Crippen molar-refractivity contribution in [3.8, 4) is 0 Å². The lowest BCUT2D eigenvalue weighted by molar-refractivity contribution is 0.0225. The van der Waals surface area contributed by atoms with E-state index in [-0.39, 0.29) is 5.69 Å². The van der Waals surface area contributed by atoms with Gasteiger partial charge in [0.15, 0.2) is 5.69 Å². The fourth-order valence-corrected chi connectivity index (χ4v) is 1.86. The van der Waals surface area contributed by atoms with E-state index in [1.807, 2.05) is 6.07 Å². The number of hydrogen-bond acceptors (Lipinski definition) is 5. The maximum Gasteiger partial charge on any atom is 0.382 e. The molecule has 18 heavy (non-hydrogen) atoms. The molecule has 2 aromatic rings. The Labute approximate surface area is 107 Å². The Morgan fingerprint density at radius 2 is 2.11 bits per heavy atom. The van der Waals surface area contributed by atoms with Crippen molar-refractivity contribution in [1.29, 1.82) is 0 Å². The minimum Gasteiger partial charge on any atom is -0.333 e. The van der Waals surface area contributed by atoms with Crippen molar-refractivity contribution >= 4 is 23.2 Å². The molecule has 1 heterocycles. The van der Waals surface area contributed by atoms with Gasteiger partial charge in [0.1, 0.15) is 0 Å². The summed E-state index contributed by atoms with van der Waals surface area (Å²) < 4.78 is 0. The molecule has 2 rings (SSSR count). The molecule has 6 heteroatoms. The lowest BCUT2D eigenvalue weighted by Crippen LogP contribution is -2.27. The summed E-state index contributed by atoms with van der Waals surface area (Å²) in [5, 5.41) is 1.54. The molecule has 1 N–H and O–H groups in total. The van der Waals surface area contributed by atoms with Crippen molar-refractivity contribution in [1.82, 2.24) is 10.5 Å². The van der Waals surface area contributed by atoms with Gasteiger partial charge in [0.2, 0.25) is 0 Å². The van der Waals surface area contributed by atoms with Crippen LogP contribution in [0.5, 0.6) is 0 Å². The zero-order valence-electron chi connectivity index (χ0n) is 9.54. The van der Waals surface area contributed by atoms with E-state index in [9.17, 15) is 9.59 Å². The van der Waals surface area contributed by atoms with Gasteiger partial charge >= 0.3 is 5.97 Å². The molecule has 5 nitrogen and oxygen atoms in total. The summed E-state index contributed by atoms with van der Waals surface area (Å²) in [5.41, 5.74) is 5.06. The summed E-state index contributed by atoms with van der Waals surface area (Å²) in [6.45, 7) is 1.80. The van der Waals surface area contributed by atoms with Crippen LogP contribution in [0.1, 0.15) is 26.4 Å². The number of hydroxylamine groups is 1. The van der Waals surface area contributed by atoms with Crippen LogP contribution in [0.15, 0.2) is 35.2 Å². The predicted molar refractivity (Wildman–Crippen MR) is 66.2 cm³/mol. The monoisotopic (exact) mass is 262 g/mol. The number of rotatable bonds is 2. The van der Waals surface area contributed by atoms with Gasteiger partial charge in [0, 0.05) is 10.9 Å². The average Bonchev–Trinajstić information content (AvgIpc) is 2.90. The first-order chi connectivity index (χ1) is 8.68. The summed E-state index contributed by atoms with van der Waals surface area (Å²) in [7, 11) is 0. The topological polar surface area (TPSA) is 68.3 Å². The molecule has 1 amide bonds. The first-order valence-electron chi connectivity index (χ1n) is 5.14. The van der Waals surface area contributed by atoms with Crippen LogP contribution in [0.2, 0.25) is 0 Å². The molecule has 0 saturated carbocycles. The van der Waals surface area contributed by atoms with Crippen molar-refractivity contribution in [2.24, 2.45) is 0 Å². The fourth-order valence-electron chi connectivity index (χ4n) is 1.34. The van der Waals surface area contributed by atoms with Crippen LogP contribution in [0.25, 0.3) is 0 Å². The Bertz CT molecular complexity index is 566. The van der Waals surface area contributed by atoms with Gasteiger partial charge in [-0.05, 0) is 18.6 Å². The Balaban J connectivity index is 1.97. The highest BCUT2D eigenvalue weighted by Gasteiger charge is 2.13. The molecule has 0 aliphatic rings. The minimum absolute atomic E-state index is 0.171. The van der Waals surface area contributed by atoms with Gasteiger partial charge in [-0.3, -0.25) is 4.79 Å². The second-order valence-corrected chi connectivity index (χ2v) is 4.23. The molecule has 0 aliphatic heterocycles. The Hall–Kier alpha value is -2.21. The Morgan fingerprint density at radius 1 is 1.33 bits per heavy atom. The lowest BCUT2D eigenvalue weighted by atomic mass is 10.1. The van der Waals surface area contributed by atoms with Crippen molar-refractivity contribution < 1.29 is 14.4 Å².